The summed E-state index contributed by atoms with van der Waals surface area (Å²) in [6.07, 6.45) is 4.13. The van der Waals surface area contributed by atoms with Crippen LogP contribution in [0.4, 0.5) is 0 Å². The van der Waals surface area contributed by atoms with E-state index >= 15 is 0 Å². The van der Waals surface area contributed by atoms with Gasteiger partial charge in [-0.3, -0.25) is 0 Å². The standard InChI is InChI=1S/C25H23AsNO7S/c28-23-18-7-1-2-8-19(18)24(29)27(23)13-5-9-20(25(30)31)26-35(32,33)15-11-12-17-16-6-3-4-10-21(16)34-22(17)14-15/h1-2,7-8,11-12,14,20H,3-6,9-10,13H2,(H,30,31). The molecule has 2 amide bonds. The number of aliphatic carboxylic acids is 1. The van der Waals surface area contributed by atoms with Crippen molar-refractivity contribution in [1.29, 1.82) is 0 Å². The van der Waals surface area contributed by atoms with Crippen LogP contribution in [-0.2, 0) is 25.7 Å². The number of carbonyl (C=O) groups is 3. The Kier molecular flexibility index (Phi) is 6.32. The number of carboxylic acid groups (broad SMARTS) is 1. The van der Waals surface area contributed by atoms with Crippen LogP contribution >= 0.6 is 0 Å². The Labute approximate surface area is 207 Å². The van der Waals surface area contributed by atoms with Gasteiger partial charge in [-0.1, -0.05) is 0 Å². The Morgan fingerprint density at radius 1 is 1.06 bits per heavy atom. The second-order valence-electron chi connectivity index (χ2n) is 8.75. The molecule has 2 aliphatic rings. The number of benzene rings is 2. The van der Waals surface area contributed by atoms with Crippen molar-refractivity contribution in [2.45, 2.75) is 48.1 Å². The molecule has 1 atom stereocenters. The number of furan rings is 1. The van der Waals surface area contributed by atoms with Crippen molar-refractivity contribution in [2.24, 2.45) is 0 Å². The summed E-state index contributed by atoms with van der Waals surface area (Å²) >= 11 is -1.63. The number of rotatable bonds is 8. The van der Waals surface area contributed by atoms with Crippen LogP contribution in [0.15, 0.2) is 51.8 Å². The molecule has 8 nitrogen and oxygen atoms in total. The number of fused-ring (bicyclic) bond motifs is 4. The Hall–Kier alpha value is -2.90. The Balaban J connectivity index is 1.27. The third-order valence-corrected chi connectivity index (χ3v) is 13.6. The maximum absolute atomic E-state index is 13.1. The first-order chi connectivity index (χ1) is 16.8. The van der Waals surface area contributed by atoms with Gasteiger partial charge >= 0.3 is 208 Å². The fraction of sp³-hybridized carbons (Fsp3) is 0.320. The van der Waals surface area contributed by atoms with Crippen molar-refractivity contribution in [3.05, 3.63) is 64.9 Å². The average molecular weight is 556 g/mol. The summed E-state index contributed by atoms with van der Waals surface area (Å²) in [7, 11) is -3.81. The molecule has 181 valence electrons. The van der Waals surface area contributed by atoms with Gasteiger partial charge in [0.25, 0.3) is 0 Å². The minimum atomic E-state index is -3.81. The minimum absolute atomic E-state index is 0.0429. The van der Waals surface area contributed by atoms with E-state index in [4.69, 9.17) is 4.42 Å². The van der Waals surface area contributed by atoms with Crippen LogP contribution < -0.4 is 0 Å². The van der Waals surface area contributed by atoms with E-state index in [-0.39, 0.29) is 24.3 Å². The van der Waals surface area contributed by atoms with Gasteiger partial charge in [-0.15, -0.1) is 0 Å². The molecule has 0 saturated heterocycles. The van der Waals surface area contributed by atoms with Crippen molar-refractivity contribution in [3.63, 3.8) is 0 Å². The van der Waals surface area contributed by atoms with Crippen LogP contribution in [0.1, 0.15) is 57.7 Å². The summed E-state index contributed by atoms with van der Waals surface area (Å²) in [6.45, 7) is 0.0429. The van der Waals surface area contributed by atoms with Crippen LogP contribution in [0.25, 0.3) is 11.0 Å². The molecular weight excluding hydrogens is 533 g/mol. The van der Waals surface area contributed by atoms with Crippen LogP contribution in [0, 0.1) is 0 Å². The van der Waals surface area contributed by atoms with E-state index in [2.05, 4.69) is 0 Å². The maximum atomic E-state index is 13.1. The molecule has 10 heteroatoms. The van der Waals surface area contributed by atoms with E-state index in [9.17, 15) is 27.9 Å². The molecule has 5 rings (SSSR count). The number of hydrogen-bond donors (Lipinski definition) is 1. The van der Waals surface area contributed by atoms with Crippen molar-refractivity contribution < 1.29 is 32.3 Å². The van der Waals surface area contributed by atoms with Crippen molar-refractivity contribution >= 4 is 51.4 Å². The van der Waals surface area contributed by atoms with E-state index in [1.165, 1.54) is 12.1 Å². The Morgan fingerprint density at radius 3 is 2.43 bits per heavy atom. The fourth-order valence-electron chi connectivity index (χ4n) is 4.74. The van der Waals surface area contributed by atoms with Crippen molar-refractivity contribution in [3.8, 4) is 0 Å². The molecular formula is C25H23AsNO7S. The molecule has 1 aliphatic heterocycles. The van der Waals surface area contributed by atoms with Gasteiger partial charge in [0.2, 0.25) is 0 Å². The van der Waals surface area contributed by atoms with Crippen LogP contribution in [-0.4, -0.2) is 57.3 Å². The third-order valence-electron chi connectivity index (χ3n) is 6.51. The van der Waals surface area contributed by atoms with Gasteiger partial charge in [0.15, 0.2) is 0 Å². The number of carbonyl (C=O) groups excluding carboxylic acids is 2. The third kappa shape index (κ3) is 4.43. The summed E-state index contributed by atoms with van der Waals surface area (Å²) in [5.74, 6) is -1.10. The molecule has 1 aromatic heterocycles. The number of hydrogen-bond acceptors (Lipinski definition) is 6. The number of imide groups is 1. The summed E-state index contributed by atoms with van der Waals surface area (Å²) in [4.78, 5) is 38.1. The van der Waals surface area contributed by atoms with Crippen molar-refractivity contribution in [2.75, 3.05) is 6.54 Å². The Bertz CT molecular complexity index is 1420. The molecule has 1 unspecified atom stereocenters. The van der Waals surface area contributed by atoms with Gasteiger partial charge in [0.1, 0.15) is 0 Å². The summed E-state index contributed by atoms with van der Waals surface area (Å²) in [6, 6.07) is 11.3. The monoisotopic (exact) mass is 556 g/mol. The zero-order valence-electron chi connectivity index (χ0n) is 18.8. The zero-order valence-corrected chi connectivity index (χ0v) is 21.5. The predicted octanol–water partition coefficient (Wildman–Crippen LogP) is 3.65. The molecule has 1 N–H and O–H groups in total. The van der Waals surface area contributed by atoms with E-state index in [0.717, 1.165) is 47.3 Å². The number of amides is 2. The first kappa shape index (κ1) is 23.8. The number of nitrogens with zero attached hydrogens (tertiary/aromatic N) is 1. The fourth-order valence-corrected chi connectivity index (χ4v) is 11.1. The molecule has 3 aromatic rings. The first-order valence-corrected chi connectivity index (χ1v) is 16.3. The molecule has 2 heterocycles. The van der Waals surface area contributed by atoms with Crippen molar-refractivity contribution in [1.82, 2.24) is 4.90 Å². The van der Waals surface area contributed by atoms with Gasteiger partial charge in [-0.05, 0) is 0 Å². The molecule has 0 saturated carbocycles. The van der Waals surface area contributed by atoms with E-state index in [1.54, 1.807) is 30.3 Å². The zero-order chi connectivity index (χ0) is 24.7. The SMILES string of the molecule is O=C(O)C(CCCN1C(=O)c2ccccc2C1=O)[As]S(=O)(=O)c1ccc2c3c(oc2c1)CCCC3. The topological polar surface area (TPSA) is 122 Å². The summed E-state index contributed by atoms with van der Waals surface area (Å²) in [5, 5.41) is 10.6. The molecule has 1 radical (unpaired) electrons. The Morgan fingerprint density at radius 2 is 1.74 bits per heavy atom. The second-order valence-corrected chi connectivity index (χ2v) is 16.0. The summed E-state index contributed by atoms with van der Waals surface area (Å²) in [5.41, 5.74) is 2.32. The van der Waals surface area contributed by atoms with Gasteiger partial charge in [-0.2, -0.15) is 0 Å². The van der Waals surface area contributed by atoms with Gasteiger partial charge in [-0.25, -0.2) is 0 Å². The van der Waals surface area contributed by atoms with E-state index < -0.39 is 45.2 Å². The van der Waals surface area contributed by atoms with Crippen LogP contribution in [0.3, 0.4) is 0 Å². The van der Waals surface area contributed by atoms with E-state index in [1.807, 2.05) is 0 Å². The normalized spacial score (nSPS) is 16.7. The van der Waals surface area contributed by atoms with Gasteiger partial charge in [0.05, 0.1) is 0 Å². The molecule has 0 bridgehead atoms. The van der Waals surface area contributed by atoms with Gasteiger partial charge < -0.3 is 0 Å². The molecule has 35 heavy (non-hydrogen) atoms. The number of carboxylic acids is 1. The predicted molar refractivity (Wildman–Crippen MR) is 128 cm³/mol. The molecule has 0 fully saturated rings. The van der Waals surface area contributed by atoms with Crippen LogP contribution in [0.2, 0.25) is 4.71 Å². The number of aryl methyl sites for hydroxylation is 2. The molecule has 0 spiro atoms. The summed E-state index contributed by atoms with van der Waals surface area (Å²) < 4.78 is 31.1. The quantitative estimate of drug-likeness (QED) is 0.332. The molecule has 2 aromatic carbocycles. The first-order valence-electron chi connectivity index (χ1n) is 11.5. The van der Waals surface area contributed by atoms with Gasteiger partial charge in [0, 0.05) is 0 Å². The second kappa shape index (κ2) is 9.28. The van der Waals surface area contributed by atoms with E-state index in [0.29, 0.717) is 16.7 Å². The average Bonchev–Trinajstić information content (AvgIpc) is 3.33. The van der Waals surface area contributed by atoms with Crippen LogP contribution in [0.5, 0.6) is 0 Å². The molecule has 1 aliphatic carbocycles.